The summed E-state index contributed by atoms with van der Waals surface area (Å²) in [5, 5.41) is 23.2. The molecule has 0 unspecified atom stereocenters. The van der Waals surface area contributed by atoms with Gasteiger partial charge in [0.15, 0.2) is 5.65 Å². The van der Waals surface area contributed by atoms with E-state index in [2.05, 4.69) is 25.7 Å². The molecule has 0 spiro atoms. The molecule has 0 atom stereocenters. The fourth-order valence-electron chi connectivity index (χ4n) is 2.65. The summed E-state index contributed by atoms with van der Waals surface area (Å²) in [5.41, 5.74) is 5.80. The van der Waals surface area contributed by atoms with Crippen molar-refractivity contribution in [1.29, 1.82) is 0 Å². The normalized spacial score (nSPS) is 11.6. The van der Waals surface area contributed by atoms with Crippen LogP contribution in [0.5, 0.6) is 5.75 Å². The Morgan fingerprint density at radius 2 is 2.00 bits per heavy atom. The van der Waals surface area contributed by atoms with Crippen LogP contribution in [0.15, 0.2) is 47.6 Å². The van der Waals surface area contributed by atoms with Crippen molar-refractivity contribution in [2.75, 3.05) is 5.43 Å². The molecule has 0 saturated carbocycles. The van der Waals surface area contributed by atoms with Crippen LogP contribution in [0.1, 0.15) is 5.56 Å². The summed E-state index contributed by atoms with van der Waals surface area (Å²) in [6, 6.07) is 12.9. The number of hydrazone groups is 1. The number of aromatic nitrogens is 4. The average Bonchev–Trinajstić information content (AvgIpc) is 2.91. The van der Waals surface area contributed by atoms with Crippen LogP contribution in [0, 0.1) is 0 Å². The molecule has 2 aromatic heterocycles. The second-order valence-corrected chi connectivity index (χ2v) is 5.81. The quantitative estimate of drug-likeness (QED) is 0.436. The molecule has 8 heteroatoms. The monoisotopic (exact) mass is 352 g/mol. The van der Waals surface area contributed by atoms with Crippen molar-refractivity contribution in [1.82, 2.24) is 19.7 Å². The Balaban J connectivity index is 1.66. The van der Waals surface area contributed by atoms with Gasteiger partial charge in [-0.25, -0.2) is 5.43 Å². The fraction of sp³-hybridized carbons (Fsp3) is 0.0588. The topological polar surface area (TPSA) is 88.2 Å². The summed E-state index contributed by atoms with van der Waals surface area (Å²) in [5.74, 6) is 0.270. The molecule has 0 radical (unpaired) electrons. The Bertz CT molecular complexity index is 1120. The van der Waals surface area contributed by atoms with Crippen LogP contribution in [0.4, 0.5) is 5.95 Å². The Kier molecular flexibility index (Phi) is 3.70. The highest BCUT2D eigenvalue weighted by Crippen LogP contribution is 2.26. The van der Waals surface area contributed by atoms with Gasteiger partial charge in [-0.1, -0.05) is 41.9 Å². The third-order valence-corrected chi connectivity index (χ3v) is 4.29. The van der Waals surface area contributed by atoms with Crippen LogP contribution in [0.25, 0.3) is 22.1 Å². The highest BCUT2D eigenvalue weighted by Gasteiger charge is 2.11. The van der Waals surface area contributed by atoms with Gasteiger partial charge in [0.05, 0.1) is 16.8 Å². The first-order valence-electron chi connectivity index (χ1n) is 7.49. The molecule has 2 N–H and O–H groups in total. The van der Waals surface area contributed by atoms with Gasteiger partial charge < -0.3 is 9.67 Å². The van der Waals surface area contributed by atoms with Gasteiger partial charge >= 0.3 is 0 Å². The van der Waals surface area contributed by atoms with E-state index in [1.807, 2.05) is 35.9 Å². The number of fused-ring (bicyclic) bond motifs is 3. The van der Waals surface area contributed by atoms with E-state index in [9.17, 15) is 5.11 Å². The van der Waals surface area contributed by atoms with Crippen LogP contribution in [-0.2, 0) is 7.05 Å². The number of aromatic hydroxyl groups is 1. The van der Waals surface area contributed by atoms with Gasteiger partial charge in [0, 0.05) is 18.0 Å². The molecule has 4 aromatic rings. The lowest BCUT2D eigenvalue weighted by Gasteiger charge is -2.01. The van der Waals surface area contributed by atoms with E-state index >= 15 is 0 Å². The molecule has 2 heterocycles. The van der Waals surface area contributed by atoms with E-state index in [0.29, 0.717) is 11.2 Å². The first-order chi connectivity index (χ1) is 12.1. The molecule has 2 aromatic carbocycles. The lowest BCUT2D eigenvalue weighted by Crippen LogP contribution is -2.01. The molecule has 0 aliphatic carbocycles. The molecule has 0 amide bonds. The predicted molar refractivity (Wildman–Crippen MR) is 98.1 cm³/mol. The highest BCUT2D eigenvalue weighted by atomic mass is 35.5. The standard InChI is InChI=1S/C17H13ClN6O/c1-24-12-7-3-2-6-11(12)15-16(24)20-17(23-21-15)22-19-9-10-5-4-8-13(25)14(10)18/h2-9,25H,1H3,(H,20,22,23)/b19-9+. The fourth-order valence-corrected chi connectivity index (χ4v) is 2.82. The number of halogens is 1. The third kappa shape index (κ3) is 2.64. The minimum absolute atomic E-state index is 0.000420. The van der Waals surface area contributed by atoms with E-state index in [1.165, 1.54) is 12.3 Å². The molecule has 124 valence electrons. The van der Waals surface area contributed by atoms with Crippen molar-refractivity contribution in [3.63, 3.8) is 0 Å². The molecule has 0 saturated heterocycles. The van der Waals surface area contributed by atoms with Gasteiger partial charge in [-0.05, 0) is 12.1 Å². The highest BCUT2D eigenvalue weighted by molar-refractivity contribution is 6.34. The largest absolute Gasteiger partial charge is 0.506 e. The first-order valence-corrected chi connectivity index (χ1v) is 7.87. The van der Waals surface area contributed by atoms with Crippen molar-refractivity contribution >= 4 is 45.8 Å². The summed E-state index contributed by atoms with van der Waals surface area (Å²) in [6.07, 6.45) is 1.48. The van der Waals surface area contributed by atoms with Gasteiger partial charge in [-0.2, -0.15) is 10.1 Å². The summed E-state index contributed by atoms with van der Waals surface area (Å²) >= 11 is 6.00. The summed E-state index contributed by atoms with van der Waals surface area (Å²) < 4.78 is 1.96. The van der Waals surface area contributed by atoms with Gasteiger partial charge in [0.25, 0.3) is 5.95 Å². The van der Waals surface area contributed by atoms with Gasteiger partial charge in [-0.3, -0.25) is 0 Å². The molecule has 0 aliphatic heterocycles. The van der Waals surface area contributed by atoms with Gasteiger partial charge in [0.1, 0.15) is 11.3 Å². The Morgan fingerprint density at radius 1 is 1.16 bits per heavy atom. The zero-order chi connectivity index (χ0) is 17.4. The van der Waals surface area contributed by atoms with Crippen molar-refractivity contribution < 1.29 is 5.11 Å². The predicted octanol–water partition coefficient (Wildman–Crippen LogP) is 3.32. The minimum Gasteiger partial charge on any atom is -0.506 e. The average molecular weight is 353 g/mol. The van der Waals surface area contributed by atoms with E-state index < -0.39 is 0 Å². The SMILES string of the molecule is Cn1c2ccccc2c2nnc(N/N=C/c3cccc(O)c3Cl)nc21. The van der Waals surface area contributed by atoms with Crippen LogP contribution < -0.4 is 5.43 Å². The first kappa shape index (κ1) is 15.3. The summed E-state index contributed by atoms with van der Waals surface area (Å²) in [6.45, 7) is 0. The molecular weight excluding hydrogens is 340 g/mol. The molecule has 7 nitrogen and oxygen atoms in total. The minimum atomic E-state index is 0.000420. The lowest BCUT2D eigenvalue weighted by atomic mass is 10.2. The number of para-hydroxylation sites is 1. The number of phenolic OH excluding ortho intramolecular Hbond substituents is 1. The number of hydrogen-bond acceptors (Lipinski definition) is 6. The molecule has 0 bridgehead atoms. The van der Waals surface area contributed by atoms with Crippen molar-refractivity contribution in [3.8, 4) is 5.75 Å². The summed E-state index contributed by atoms with van der Waals surface area (Å²) in [4.78, 5) is 4.47. The van der Waals surface area contributed by atoms with E-state index in [1.54, 1.807) is 12.1 Å². The number of phenols is 1. The second kappa shape index (κ2) is 6.03. The maximum atomic E-state index is 9.58. The number of rotatable bonds is 3. The molecule has 4 rings (SSSR count). The number of nitrogens with one attached hydrogen (secondary N) is 1. The zero-order valence-corrected chi connectivity index (χ0v) is 13.9. The van der Waals surface area contributed by atoms with Crippen LogP contribution >= 0.6 is 11.6 Å². The Hall–Kier alpha value is -3.19. The Labute approximate surface area is 147 Å². The second-order valence-electron chi connectivity index (χ2n) is 5.43. The number of anilines is 1. The third-order valence-electron chi connectivity index (χ3n) is 3.88. The van der Waals surface area contributed by atoms with Gasteiger partial charge in [-0.15, -0.1) is 10.2 Å². The lowest BCUT2D eigenvalue weighted by molar-refractivity contribution is 0.475. The molecule has 25 heavy (non-hydrogen) atoms. The van der Waals surface area contributed by atoms with E-state index in [0.717, 1.165) is 16.4 Å². The van der Waals surface area contributed by atoms with Crippen LogP contribution in [-0.4, -0.2) is 31.1 Å². The molecule has 0 aliphatic rings. The zero-order valence-electron chi connectivity index (χ0n) is 13.2. The van der Waals surface area contributed by atoms with Crippen LogP contribution in [0.2, 0.25) is 5.02 Å². The number of hydrogen-bond donors (Lipinski definition) is 2. The maximum absolute atomic E-state index is 9.58. The summed E-state index contributed by atoms with van der Waals surface area (Å²) in [7, 11) is 1.93. The molecular formula is C17H13ClN6O. The van der Waals surface area contributed by atoms with Crippen molar-refractivity contribution in [3.05, 3.63) is 53.1 Å². The smallest absolute Gasteiger partial charge is 0.265 e. The van der Waals surface area contributed by atoms with E-state index in [-0.39, 0.29) is 16.7 Å². The van der Waals surface area contributed by atoms with Crippen molar-refractivity contribution in [2.45, 2.75) is 0 Å². The maximum Gasteiger partial charge on any atom is 0.265 e. The number of benzene rings is 2. The van der Waals surface area contributed by atoms with Crippen LogP contribution in [0.3, 0.4) is 0 Å². The molecule has 0 fully saturated rings. The van der Waals surface area contributed by atoms with Crippen molar-refractivity contribution in [2.24, 2.45) is 12.1 Å². The number of aryl methyl sites for hydroxylation is 1. The Morgan fingerprint density at radius 3 is 2.88 bits per heavy atom. The van der Waals surface area contributed by atoms with Gasteiger partial charge in [0.2, 0.25) is 0 Å². The number of nitrogens with zero attached hydrogens (tertiary/aromatic N) is 5. The van der Waals surface area contributed by atoms with E-state index in [4.69, 9.17) is 11.6 Å².